The highest BCUT2D eigenvalue weighted by Gasteiger charge is 2.52. The van der Waals surface area contributed by atoms with Crippen LogP contribution in [0.1, 0.15) is 232 Å². The second-order valence-corrected chi connectivity index (χ2v) is 50.7. The molecule has 1 aliphatic rings. The standard InChI is InChI=1S/C63H133NO8Si5/c1-18-20-22-24-26-28-30-32-33-34-35-36-37-38-39-41-43-45-47-49-51-53-59(65)64-56(57(69-74(6,7)8)52-50-48-46-44-42-40-31-29-27-25-23-21-19-2)54-66-63-62(72-77(15,16)17)61(71-76(12,13)14)60(70-75(9,10)11)58(68-63)55-67-73(3,4)5/h50,52,56-58,60-63H,18-49,51,53-55H2,1-17H3,(H,64,65). The average molecular weight is 1170 g/mol. The predicted octanol–water partition coefficient (Wildman–Crippen LogP) is 19.8. The van der Waals surface area contributed by atoms with Crippen LogP contribution >= 0.6 is 0 Å². The molecule has 0 aliphatic carbocycles. The minimum absolute atomic E-state index is 0.0590. The summed E-state index contributed by atoms with van der Waals surface area (Å²) >= 11 is 0. The van der Waals surface area contributed by atoms with Crippen LogP contribution in [0.4, 0.5) is 0 Å². The number of unbranched alkanes of at least 4 members (excludes halogenated alkanes) is 31. The fraction of sp³-hybridized carbons (Fsp3) is 0.952. The molecule has 1 N–H and O–H groups in total. The van der Waals surface area contributed by atoms with Gasteiger partial charge in [-0.05, 0) is 117 Å². The summed E-state index contributed by atoms with van der Waals surface area (Å²) in [5.41, 5.74) is 0. The number of allylic oxidation sites excluding steroid dienone is 1. The maximum Gasteiger partial charge on any atom is 0.220 e. The van der Waals surface area contributed by atoms with E-state index < -0.39 is 72.2 Å². The van der Waals surface area contributed by atoms with Crippen LogP contribution in [0.25, 0.3) is 0 Å². The van der Waals surface area contributed by atoms with Crippen molar-refractivity contribution < 1.29 is 36.4 Å². The molecular weight excluding hydrogens is 1040 g/mol. The molecule has 0 aromatic heterocycles. The highest BCUT2D eigenvalue weighted by molar-refractivity contribution is 6.71. The molecule has 1 aliphatic heterocycles. The van der Waals surface area contributed by atoms with Crippen LogP contribution in [0.3, 0.4) is 0 Å². The number of amides is 1. The Morgan fingerprint density at radius 1 is 0.455 bits per heavy atom. The fourth-order valence-electron chi connectivity index (χ4n) is 10.3. The van der Waals surface area contributed by atoms with Crippen LogP contribution in [0, 0.1) is 0 Å². The number of hydrogen-bond donors (Lipinski definition) is 1. The molecule has 1 fully saturated rings. The third kappa shape index (κ3) is 44.2. The van der Waals surface area contributed by atoms with Gasteiger partial charge in [0.25, 0.3) is 0 Å². The quantitative estimate of drug-likeness (QED) is 0.0366. The lowest BCUT2D eigenvalue weighted by molar-refractivity contribution is -0.292. The Balaban J connectivity index is 3.11. The molecule has 14 heteroatoms. The average Bonchev–Trinajstić information content (AvgIpc) is 3.31. The molecule has 0 spiro atoms. The van der Waals surface area contributed by atoms with Crippen LogP contribution < -0.4 is 5.32 Å². The van der Waals surface area contributed by atoms with Crippen molar-refractivity contribution in [2.24, 2.45) is 0 Å². The first kappa shape index (κ1) is 75.0. The van der Waals surface area contributed by atoms with Crippen molar-refractivity contribution in [3.8, 4) is 0 Å². The van der Waals surface area contributed by atoms with Crippen molar-refractivity contribution >= 4 is 47.5 Å². The van der Waals surface area contributed by atoms with E-state index in [9.17, 15) is 4.79 Å². The minimum Gasteiger partial charge on any atom is -0.415 e. The van der Waals surface area contributed by atoms with Gasteiger partial charge in [0.15, 0.2) is 47.9 Å². The summed E-state index contributed by atoms with van der Waals surface area (Å²) in [5, 5.41) is 3.48. The molecular formula is C63H133NO8Si5. The molecule has 7 unspecified atom stereocenters. The van der Waals surface area contributed by atoms with E-state index in [2.05, 4.69) is 130 Å². The van der Waals surface area contributed by atoms with Crippen LogP contribution in [-0.4, -0.2) is 104 Å². The molecule has 458 valence electrons. The van der Waals surface area contributed by atoms with Gasteiger partial charge in [0.1, 0.15) is 24.4 Å². The van der Waals surface area contributed by atoms with Crippen LogP contribution in [0.5, 0.6) is 0 Å². The van der Waals surface area contributed by atoms with Gasteiger partial charge in [-0.2, -0.15) is 0 Å². The van der Waals surface area contributed by atoms with E-state index in [1.54, 1.807) is 0 Å². The first-order valence-corrected chi connectivity index (χ1v) is 49.9. The van der Waals surface area contributed by atoms with E-state index in [-0.39, 0.29) is 24.7 Å². The SMILES string of the molecule is CCCCCCCCCCCCCC=CC(O[Si](C)(C)C)C(COC1OC(CO[Si](C)(C)C)C(O[Si](C)(C)C)C(O[Si](C)(C)C)C1O[Si](C)(C)C)NC(=O)CCCCCCCCCCCCCCCCCCCCCCC. The van der Waals surface area contributed by atoms with Crippen molar-refractivity contribution in [2.45, 2.75) is 373 Å². The Morgan fingerprint density at radius 2 is 0.818 bits per heavy atom. The summed E-state index contributed by atoms with van der Waals surface area (Å²) < 4.78 is 49.1. The fourth-order valence-corrected chi connectivity index (χ4v) is 15.3. The molecule has 0 aromatic carbocycles. The van der Waals surface area contributed by atoms with Gasteiger partial charge in [0.05, 0.1) is 25.4 Å². The van der Waals surface area contributed by atoms with Gasteiger partial charge in [0.2, 0.25) is 5.91 Å². The Hall–Kier alpha value is 0.0144. The number of ether oxygens (including phenoxy) is 2. The van der Waals surface area contributed by atoms with E-state index in [0.29, 0.717) is 13.0 Å². The first-order valence-electron chi connectivity index (χ1n) is 32.8. The Kier molecular flexibility index (Phi) is 41.7. The van der Waals surface area contributed by atoms with E-state index in [1.165, 1.54) is 186 Å². The number of carbonyl (C=O) groups excluding carboxylic acids is 1. The summed E-state index contributed by atoms with van der Waals surface area (Å²) in [4.78, 5) is 14.1. The van der Waals surface area contributed by atoms with E-state index in [0.717, 1.165) is 25.7 Å². The van der Waals surface area contributed by atoms with E-state index in [4.69, 9.17) is 31.6 Å². The molecule has 0 saturated carbocycles. The maximum absolute atomic E-state index is 14.1. The second-order valence-electron chi connectivity index (χ2n) is 28.3. The highest BCUT2D eigenvalue weighted by atomic mass is 28.4. The molecule has 1 amide bonds. The maximum atomic E-state index is 14.1. The number of rotatable bonds is 51. The normalized spacial score (nSPS) is 19.8. The number of hydrogen-bond acceptors (Lipinski definition) is 8. The van der Waals surface area contributed by atoms with Crippen LogP contribution in [0.15, 0.2) is 12.2 Å². The van der Waals surface area contributed by atoms with Crippen molar-refractivity contribution in [1.29, 1.82) is 0 Å². The van der Waals surface area contributed by atoms with Crippen molar-refractivity contribution in [3.05, 3.63) is 12.2 Å². The molecule has 0 aromatic rings. The molecule has 1 saturated heterocycles. The van der Waals surface area contributed by atoms with Gasteiger partial charge < -0.3 is 36.9 Å². The second kappa shape index (κ2) is 42.8. The van der Waals surface area contributed by atoms with Crippen LogP contribution in [0.2, 0.25) is 98.2 Å². The van der Waals surface area contributed by atoms with Gasteiger partial charge in [0, 0.05) is 6.42 Å². The Labute approximate surface area is 485 Å². The van der Waals surface area contributed by atoms with Gasteiger partial charge in [-0.1, -0.05) is 219 Å². The third-order valence-electron chi connectivity index (χ3n) is 14.2. The first-order chi connectivity index (χ1) is 36.2. The lowest BCUT2D eigenvalue weighted by Gasteiger charge is -2.51. The van der Waals surface area contributed by atoms with Gasteiger partial charge in [-0.3, -0.25) is 4.79 Å². The minimum atomic E-state index is -2.18. The molecule has 9 nitrogen and oxygen atoms in total. The molecule has 0 radical (unpaired) electrons. The molecule has 7 atom stereocenters. The zero-order chi connectivity index (χ0) is 57.6. The topological polar surface area (TPSA) is 93.7 Å². The van der Waals surface area contributed by atoms with Crippen molar-refractivity contribution in [3.63, 3.8) is 0 Å². The predicted molar refractivity (Wildman–Crippen MR) is 346 cm³/mol. The van der Waals surface area contributed by atoms with Crippen LogP contribution in [-0.2, 0) is 36.4 Å². The number of carbonyl (C=O) groups is 1. The lowest BCUT2D eigenvalue weighted by Crippen LogP contribution is -2.66. The molecule has 1 rings (SSSR count). The van der Waals surface area contributed by atoms with Gasteiger partial charge >= 0.3 is 0 Å². The van der Waals surface area contributed by atoms with Gasteiger partial charge in [-0.15, -0.1) is 0 Å². The van der Waals surface area contributed by atoms with E-state index >= 15 is 0 Å². The summed E-state index contributed by atoms with van der Waals surface area (Å²) in [5.74, 6) is 0.0590. The molecule has 1 heterocycles. The van der Waals surface area contributed by atoms with Crippen molar-refractivity contribution in [1.82, 2.24) is 5.32 Å². The largest absolute Gasteiger partial charge is 0.415 e. The summed E-state index contributed by atoms with van der Waals surface area (Å²) in [7, 11) is -10.4. The van der Waals surface area contributed by atoms with Crippen molar-refractivity contribution in [2.75, 3.05) is 13.2 Å². The Bertz CT molecular complexity index is 1440. The molecule has 77 heavy (non-hydrogen) atoms. The zero-order valence-electron chi connectivity index (χ0n) is 54.4. The molecule has 0 bridgehead atoms. The van der Waals surface area contributed by atoms with E-state index in [1.807, 2.05) is 0 Å². The summed E-state index contributed by atoms with van der Waals surface area (Å²) in [6.45, 7) is 38.6. The smallest absolute Gasteiger partial charge is 0.220 e. The Morgan fingerprint density at radius 3 is 1.19 bits per heavy atom. The summed E-state index contributed by atoms with van der Waals surface area (Å²) in [6, 6.07) is -0.419. The summed E-state index contributed by atoms with van der Waals surface area (Å²) in [6.07, 6.45) is 46.0. The zero-order valence-corrected chi connectivity index (χ0v) is 59.4. The van der Waals surface area contributed by atoms with Gasteiger partial charge in [-0.25, -0.2) is 0 Å². The monoisotopic (exact) mass is 1170 g/mol. The third-order valence-corrected chi connectivity index (χ3v) is 19.2. The lowest BCUT2D eigenvalue weighted by atomic mass is 9.99. The number of nitrogens with one attached hydrogen (secondary N) is 1. The highest BCUT2D eigenvalue weighted by Crippen LogP contribution is 2.35.